The van der Waals surface area contributed by atoms with Gasteiger partial charge in [0.2, 0.25) is 5.91 Å². The molecule has 0 saturated heterocycles. The minimum absolute atomic E-state index is 0.487. The Hall–Kier alpha value is -1.76. The van der Waals surface area contributed by atoms with Gasteiger partial charge in [-0.05, 0) is 12.8 Å². The maximum atomic E-state index is 11.3. The van der Waals surface area contributed by atoms with Crippen LogP contribution < -0.4 is 5.32 Å². The van der Waals surface area contributed by atoms with Crippen LogP contribution in [0.25, 0.3) is 0 Å². The van der Waals surface area contributed by atoms with Crippen LogP contribution in [0.3, 0.4) is 0 Å². The van der Waals surface area contributed by atoms with Crippen molar-refractivity contribution in [3.05, 3.63) is 12.2 Å². The average molecular weight is 209 g/mol. The Kier molecular flexibility index (Phi) is 5.18. The van der Waals surface area contributed by atoms with E-state index in [2.05, 4.69) is 11.2 Å². The first-order valence-corrected chi connectivity index (χ1v) is 4.70. The van der Waals surface area contributed by atoms with E-state index in [1.165, 1.54) is 0 Å². The number of hydrogen-bond donors (Lipinski definition) is 2. The second kappa shape index (κ2) is 5.86. The van der Waals surface area contributed by atoms with E-state index in [0.717, 1.165) is 12.2 Å². The summed E-state index contributed by atoms with van der Waals surface area (Å²) in [5.41, 5.74) is -0.681. The number of aliphatic carboxylic acids is 1. The third-order valence-corrected chi connectivity index (χ3v) is 2.22. The molecule has 0 aromatic heterocycles. The fourth-order valence-electron chi connectivity index (χ4n) is 1.09. The molecular formula is C11H15NO3. The standard InChI is InChI=1S/C11H15NO3/c1-4-11(5-2,6-3)12-9(13)7-8-10(14)15/h1,7-8H,5-6H2,2-3H3,(H,12,13)(H,14,15). The summed E-state index contributed by atoms with van der Waals surface area (Å²) >= 11 is 0. The number of rotatable bonds is 5. The van der Waals surface area contributed by atoms with Crippen molar-refractivity contribution in [1.29, 1.82) is 0 Å². The van der Waals surface area contributed by atoms with Gasteiger partial charge in [-0.2, -0.15) is 0 Å². The van der Waals surface area contributed by atoms with Crippen molar-refractivity contribution in [2.45, 2.75) is 32.2 Å². The van der Waals surface area contributed by atoms with E-state index in [-0.39, 0.29) is 0 Å². The van der Waals surface area contributed by atoms with Crippen molar-refractivity contribution in [1.82, 2.24) is 5.32 Å². The summed E-state index contributed by atoms with van der Waals surface area (Å²) < 4.78 is 0. The second-order valence-corrected chi connectivity index (χ2v) is 3.09. The lowest BCUT2D eigenvalue weighted by molar-refractivity contribution is -0.131. The minimum Gasteiger partial charge on any atom is -0.478 e. The zero-order valence-electron chi connectivity index (χ0n) is 8.91. The minimum atomic E-state index is -1.16. The van der Waals surface area contributed by atoms with Crippen molar-refractivity contribution in [3.8, 4) is 12.3 Å². The first-order valence-electron chi connectivity index (χ1n) is 4.70. The third-order valence-electron chi connectivity index (χ3n) is 2.22. The Morgan fingerprint density at radius 3 is 2.27 bits per heavy atom. The summed E-state index contributed by atoms with van der Waals surface area (Å²) in [6.07, 6.45) is 8.27. The molecule has 82 valence electrons. The summed E-state index contributed by atoms with van der Waals surface area (Å²) in [6, 6.07) is 0. The summed E-state index contributed by atoms with van der Waals surface area (Å²) in [5, 5.41) is 10.9. The van der Waals surface area contributed by atoms with Crippen LogP contribution in [0.1, 0.15) is 26.7 Å². The Morgan fingerprint density at radius 2 is 1.93 bits per heavy atom. The smallest absolute Gasteiger partial charge is 0.328 e. The highest BCUT2D eigenvalue weighted by Gasteiger charge is 2.24. The number of carboxylic acid groups (broad SMARTS) is 1. The van der Waals surface area contributed by atoms with Gasteiger partial charge in [0, 0.05) is 12.2 Å². The molecule has 0 aromatic carbocycles. The third kappa shape index (κ3) is 4.32. The topological polar surface area (TPSA) is 66.4 Å². The van der Waals surface area contributed by atoms with Gasteiger partial charge < -0.3 is 10.4 Å². The normalized spacial score (nSPS) is 11.0. The summed E-state index contributed by atoms with van der Waals surface area (Å²) in [4.78, 5) is 21.5. The number of hydrogen-bond acceptors (Lipinski definition) is 2. The first kappa shape index (κ1) is 13.2. The molecule has 0 unspecified atom stereocenters. The zero-order valence-corrected chi connectivity index (χ0v) is 8.91. The second-order valence-electron chi connectivity index (χ2n) is 3.09. The van der Waals surface area contributed by atoms with Gasteiger partial charge in [-0.3, -0.25) is 4.79 Å². The van der Waals surface area contributed by atoms with Gasteiger partial charge in [0.25, 0.3) is 0 Å². The van der Waals surface area contributed by atoms with E-state index in [9.17, 15) is 9.59 Å². The zero-order chi connectivity index (χ0) is 11.9. The molecule has 0 saturated carbocycles. The summed E-state index contributed by atoms with van der Waals surface area (Å²) in [7, 11) is 0. The largest absolute Gasteiger partial charge is 0.478 e. The molecule has 0 rings (SSSR count). The van der Waals surface area contributed by atoms with Crippen LogP contribution in [0.4, 0.5) is 0 Å². The van der Waals surface area contributed by atoms with Crippen molar-refractivity contribution in [3.63, 3.8) is 0 Å². The first-order chi connectivity index (χ1) is 6.99. The molecule has 1 amide bonds. The Morgan fingerprint density at radius 1 is 1.40 bits per heavy atom. The predicted octanol–water partition coefficient (Wildman–Crippen LogP) is 0.935. The van der Waals surface area contributed by atoms with Crippen molar-refractivity contribution < 1.29 is 14.7 Å². The molecule has 0 aliphatic rings. The molecule has 15 heavy (non-hydrogen) atoms. The highest BCUT2D eigenvalue weighted by atomic mass is 16.4. The van der Waals surface area contributed by atoms with Crippen LogP contribution in [-0.4, -0.2) is 22.5 Å². The Balaban J connectivity index is 4.51. The van der Waals surface area contributed by atoms with Gasteiger partial charge in [-0.25, -0.2) is 4.79 Å². The molecule has 4 nitrogen and oxygen atoms in total. The number of nitrogens with one attached hydrogen (secondary N) is 1. The van der Waals surface area contributed by atoms with Gasteiger partial charge in [0.1, 0.15) is 5.54 Å². The number of terminal acetylenes is 1. The van der Waals surface area contributed by atoms with Gasteiger partial charge in [0.05, 0.1) is 0 Å². The average Bonchev–Trinajstić information content (AvgIpc) is 2.23. The van der Waals surface area contributed by atoms with Crippen LogP contribution in [0.5, 0.6) is 0 Å². The Bertz CT molecular complexity index is 308. The van der Waals surface area contributed by atoms with Gasteiger partial charge in [0.15, 0.2) is 0 Å². The molecule has 0 atom stereocenters. The molecular weight excluding hydrogens is 194 g/mol. The SMILES string of the molecule is C#CC(CC)(CC)NC(=O)C=CC(=O)O. The quantitative estimate of drug-likeness (QED) is 0.523. The molecule has 2 N–H and O–H groups in total. The predicted molar refractivity (Wildman–Crippen MR) is 57.1 cm³/mol. The molecule has 0 spiro atoms. The molecule has 0 heterocycles. The van der Waals surface area contributed by atoms with E-state index < -0.39 is 17.4 Å². The summed E-state index contributed by atoms with van der Waals surface area (Å²) in [5.74, 6) is 0.871. The van der Waals surface area contributed by atoms with Crippen LogP contribution >= 0.6 is 0 Å². The number of carbonyl (C=O) groups excluding carboxylic acids is 1. The maximum absolute atomic E-state index is 11.3. The van der Waals surface area contributed by atoms with E-state index >= 15 is 0 Å². The fourth-order valence-corrected chi connectivity index (χ4v) is 1.09. The lowest BCUT2D eigenvalue weighted by Gasteiger charge is -2.26. The Labute approximate surface area is 89.4 Å². The van der Waals surface area contributed by atoms with Crippen molar-refractivity contribution in [2.24, 2.45) is 0 Å². The van der Waals surface area contributed by atoms with Gasteiger partial charge in [-0.1, -0.05) is 19.8 Å². The van der Waals surface area contributed by atoms with Crippen LogP contribution in [-0.2, 0) is 9.59 Å². The molecule has 0 aliphatic carbocycles. The number of amides is 1. The molecule has 0 radical (unpaired) electrons. The highest BCUT2D eigenvalue weighted by Crippen LogP contribution is 2.13. The maximum Gasteiger partial charge on any atom is 0.328 e. The fraction of sp³-hybridized carbons (Fsp3) is 0.455. The van der Waals surface area contributed by atoms with Crippen molar-refractivity contribution in [2.75, 3.05) is 0 Å². The molecule has 0 fully saturated rings. The molecule has 0 bridgehead atoms. The lowest BCUT2D eigenvalue weighted by atomic mass is 9.94. The lowest BCUT2D eigenvalue weighted by Crippen LogP contribution is -2.45. The molecule has 4 heteroatoms. The summed E-state index contributed by atoms with van der Waals surface area (Å²) in [6.45, 7) is 3.73. The van der Waals surface area contributed by atoms with E-state index in [1.54, 1.807) is 0 Å². The van der Waals surface area contributed by atoms with E-state index in [1.807, 2.05) is 13.8 Å². The van der Waals surface area contributed by atoms with Crippen LogP contribution in [0, 0.1) is 12.3 Å². The van der Waals surface area contributed by atoms with E-state index in [0.29, 0.717) is 12.8 Å². The van der Waals surface area contributed by atoms with Crippen molar-refractivity contribution >= 4 is 11.9 Å². The van der Waals surface area contributed by atoms with Gasteiger partial charge in [-0.15, -0.1) is 6.42 Å². The monoisotopic (exact) mass is 209 g/mol. The molecule has 0 aliphatic heterocycles. The van der Waals surface area contributed by atoms with Crippen LogP contribution in [0.2, 0.25) is 0 Å². The highest BCUT2D eigenvalue weighted by molar-refractivity contribution is 5.94. The number of carboxylic acids is 1. The molecule has 0 aromatic rings. The van der Waals surface area contributed by atoms with Gasteiger partial charge >= 0.3 is 5.97 Å². The van der Waals surface area contributed by atoms with E-state index in [4.69, 9.17) is 11.5 Å². The van der Waals surface area contributed by atoms with Crippen LogP contribution in [0.15, 0.2) is 12.2 Å². The number of carbonyl (C=O) groups is 2.